The van der Waals surface area contributed by atoms with Gasteiger partial charge >= 0.3 is 0 Å². The van der Waals surface area contributed by atoms with Gasteiger partial charge in [0.2, 0.25) is 0 Å². The van der Waals surface area contributed by atoms with E-state index in [2.05, 4.69) is 14.4 Å². The molecule has 0 fully saturated rings. The molecule has 0 aliphatic heterocycles. The highest BCUT2D eigenvalue weighted by Crippen LogP contribution is 2.20. The molecule has 0 unspecified atom stereocenters. The molecule has 1 heterocycles. The maximum absolute atomic E-state index is 12.3. The van der Waals surface area contributed by atoms with Gasteiger partial charge in [0.1, 0.15) is 5.82 Å². The highest BCUT2D eigenvalue weighted by atomic mass is 32.2. The second kappa shape index (κ2) is 7.37. The fourth-order valence-corrected chi connectivity index (χ4v) is 4.27. The van der Waals surface area contributed by atoms with Crippen molar-refractivity contribution in [1.29, 1.82) is 0 Å². The largest absolute Gasteiger partial charge is 0.399 e. The smallest absolute Gasteiger partial charge is 0.263 e. The Morgan fingerprint density at radius 1 is 0.643 bits per heavy atom. The fraction of sp³-hybridized carbons (Fsp3) is 0. The minimum atomic E-state index is -3.84. The van der Waals surface area contributed by atoms with Crippen molar-refractivity contribution in [3.63, 3.8) is 0 Å². The van der Waals surface area contributed by atoms with Crippen LogP contribution in [-0.2, 0) is 20.0 Å². The molecule has 6 N–H and O–H groups in total. The van der Waals surface area contributed by atoms with Crippen LogP contribution in [0.25, 0.3) is 0 Å². The summed E-state index contributed by atoms with van der Waals surface area (Å²) in [7, 11) is -7.66. The van der Waals surface area contributed by atoms with Gasteiger partial charge in [0.25, 0.3) is 20.0 Å². The Kier molecular flexibility index (Phi) is 5.12. The maximum atomic E-state index is 12.3. The second-order valence-electron chi connectivity index (χ2n) is 5.78. The van der Waals surface area contributed by atoms with E-state index in [1.807, 2.05) is 0 Å². The van der Waals surface area contributed by atoms with Crippen LogP contribution in [0.1, 0.15) is 0 Å². The van der Waals surface area contributed by atoms with Gasteiger partial charge < -0.3 is 11.5 Å². The molecule has 1 aromatic heterocycles. The van der Waals surface area contributed by atoms with Crippen LogP contribution in [-0.4, -0.2) is 21.8 Å². The molecule has 0 amide bonds. The quantitative estimate of drug-likeness (QED) is 0.444. The van der Waals surface area contributed by atoms with Crippen LogP contribution >= 0.6 is 0 Å². The highest BCUT2D eigenvalue weighted by molar-refractivity contribution is 7.93. The summed E-state index contributed by atoms with van der Waals surface area (Å²) in [6.07, 6.45) is 1.20. The minimum absolute atomic E-state index is 0.0247. The number of nitrogens with zero attached hydrogens (tertiary/aromatic N) is 1. The van der Waals surface area contributed by atoms with Crippen LogP contribution in [0.3, 0.4) is 0 Å². The van der Waals surface area contributed by atoms with Crippen LogP contribution in [0.15, 0.2) is 76.7 Å². The van der Waals surface area contributed by atoms with E-state index >= 15 is 0 Å². The van der Waals surface area contributed by atoms with Crippen molar-refractivity contribution in [2.75, 3.05) is 20.9 Å². The molecule has 0 aliphatic rings. The molecule has 3 rings (SSSR count). The van der Waals surface area contributed by atoms with Gasteiger partial charge in [-0.1, -0.05) is 0 Å². The van der Waals surface area contributed by atoms with E-state index in [4.69, 9.17) is 11.5 Å². The lowest BCUT2D eigenvalue weighted by atomic mass is 10.3. The monoisotopic (exact) mass is 419 g/mol. The Morgan fingerprint density at radius 3 is 1.54 bits per heavy atom. The summed E-state index contributed by atoms with van der Waals surface area (Å²) in [6, 6.07) is 14.1. The summed E-state index contributed by atoms with van der Waals surface area (Å²) >= 11 is 0. The van der Waals surface area contributed by atoms with Crippen molar-refractivity contribution < 1.29 is 16.8 Å². The Balaban J connectivity index is 1.74. The molecule has 0 aliphatic carbocycles. The Labute approximate surface area is 162 Å². The Hall–Kier alpha value is -3.31. The fourth-order valence-electron chi connectivity index (χ4n) is 2.22. The van der Waals surface area contributed by atoms with Gasteiger partial charge in [-0.3, -0.25) is 9.44 Å². The van der Waals surface area contributed by atoms with Crippen LogP contribution < -0.4 is 20.9 Å². The average Bonchev–Trinajstić information content (AvgIpc) is 2.64. The molecular formula is C17H17N5O4S2. The van der Waals surface area contributed by atoms with Gasteiger partial charge in [0, 0.05) is 11.4 Å². The third-order valence-corrected chi connectivity index (χ3v) is 6.40. The first-order valence-corrected chi connectivity index (χ1v) is 10.9. The molecule has 0 spiro atoms. The van der Waals surface area contributed by atoms with Gasteiger partial charge in [0.05, 0.1) is 21.7 Å². The zero-order valence-corrected chi connectivity index (χ0v) is 16.0. The van der Waals surface area contributed by atoms with Crippen molar-refractivity contribution in [2.45, 2.75) is 9.79 Å². The maximum Gasteiger partial charge on any atom is 0.263 e. The SMILES string of the molecule is Nc1ccc(S(=O)(=O)Nc2ccc(NS(=O)(=O)c3ccc(N)cc3)nc2)cc1. The Morgan fingerprint density at radius 2 is 1.11 bits per heavy atom. The molecule has 2 aromatic carbocycles. The number of anilines is 4. The molecule has 0 saturated heterocycles. The van der Waals surface area contributed by atoms with E-state index in [1.165, 1.54) is 66.9 Å². The predicted molar refractivity (Wildman–Crippen MR) is 108 cm³/mol. The van der Waals surface area contributed by atoms with Crippen LogP contribution in [0.2, 0.25) is 0 Å². The van der Waals surface area contributed by atoms with E-state index in [0.29, 0.717) is 11.4 Å². The number of benzene rings is 2. The van der Waals surface area contributed by atoms with E-state index in [0.717, 1.165) is 0 Å². The lowest BCUT2D eigenvalue weighted by molar-refractivity contribution is 0.599. The van der Waals surface area contributed by atoms with Crippen molar-refractivity contribution in [1.82, 2.24) is 4.98 Å². The van der Waals surface area contributed by atoms with Gasteiger partial charge in [-0.2, -0.15) is 0 Å². The standard InChI is InChI=1S/C17H17N5O4S2/c18-12-1-6-15(7-2-12)27(23,24)21-14-5-10-17(20-11-14)22-28(25,26)16-8-3-13(19)4-9-16/h1-11,21H,18-19H2,(H,20,22). The zero-order chi connectivity index (χ0) is 20.4. The molecule has 9 nitrogen and oxygen atoms in total. The molecule has 146 valence electrons. The number of nitrogen functional groups attached to an aromatic ring is 2. The third kappa shape index (κ3) is 4.50. The normalized spacial score (nSPS) is 11.7. The highest BCUT2D eigenvalue weighted by Gasteiger charge is 2.16. The summed E-state index contributed by atoms with van der Waals surface area (Å²) in [5, 5.41) is 0. The average molecular weight is 419 g/mol. The third-order valence-electron chi connectivity index (χ3n) is 3.64. The summed E-state index contributed by atoms with van der Waals surface area (Å²) in [6.45, 7) is 0. The topological polar surface area (TPSA) is 157 Å². The number of hydrogen-bond donors (Lipinski definition) is 4. The van der Waals surface area contributed by atoms with Gasteiger partial charge in [-0.05, 0) is 60.7 Å². The summed E-state index contributed by atoms with van der Waals surface area (Å²) in [4.78, 5) is 4.00. The van der Waals surface area contributed by atoms with Gasteiger partial charge in [-0.15, -0.1) is 0 Å². The number of rotatable bonds is 6. The number of nitrogens with two attached hydrogens (primary N) is 2. The van der Waals surface area contributed by atoms with Crippen molar-refractivity contribution in [3.05, 3.63) is 66.9 Å². The number of aromatic nitrogens is 1. The van der Waals surface area contributed by atoms with Crippen molar-refractivity contribution >= 4 is 42.9 Å². The first-order chi connectivity index (χ1) is 13.2. The molecule has 11 heteroatoms. The first-order valence-electron chi connectivity index (χ1n) is 7.88. The molecule has 0 radical (unpaired) electrons. The molecular weight excluding hydrogens is 402 g/mol. The van der Waals surface area contributed by atoms with Crippen LogP contribution in [0.5, 0.6) is 0 Å². The van der Waals surface area contributed by atoms with Gasteiger partial charge in [0.15, 0.2) is 0 Å². The van der Waals surface area contributed by atoms with E-state index in [9.17, 15) is 16.8 Å². The Bertz CT molecular complexity index is 1080. The molecule has 0 saturated carbocycles. The van der Waals surface area contributed by atoms with E-state index < -0.39 is 20.0 Å². The summed E-state index contributed by atoms with van der Waals surface area (Å²) < 4.78 is 54.0. The molecule has 0 atom stereocenters. The van der Waals surface area contributed by atoms with Crippen LogP contribution in [0, 0.1) is 0 Å². The molecule has 0 bridgehead atoms. The number of hydrogen-bond acceptors (Lipinski definition) is 7. The van der Waals surface area contributed by atoms with Crippen molar-refractivity contribution in [2.24, 2.45) is 0 Å². The summed E-state index contributed by atoms with van der Waals surface area (Å²) in [5.74, 6) is 0.0345. The zero-order valence-electron chi connectivity index (χ0n) is 14.4. The minimum Gasteiger partial charge on any atom is -0.399 e. The van der Waals surface area contributed by atoms with Crippen molar-refractivity contribution in [3.8, 4) is 0 Å². The number of pyridine rings is 1. The number of sulfonamides is 2. The first kappa shape index (κ1) is 19.5. The predicted octanol–water partition coefficient (Wildman–Crippen LogP) is 1.85. The van der Waals surface area contributed by atoms with E-state index in [-0.39, 0.29) is 21.3 Å². The number of nitrogens with one attached hydrogen (secondary N) is 2. The lowest BCUT2D eigenvalue weighted by Crippen LogP contribution is -2.15. The van der Waals surface area contributed by atoms with E-state index in [1.54, 1.807) is 0 Å². The molecule has 3 aromatic rings. The summed E-state index contributed by atoms with van der Waals surface area (Å²) in [5.41, 5.74) is 12.2. The lowest BCUT2D eigenvalue weighted by Gasteiger charge is -2.10. The van der Waals surface area contributed by atoms with Gasteiger partial charge in [-0.25, -0.2) is 21.8 Å². The van der Waals surface area contributed by atoms with Crippen LogP contribution in [0.4, 0.5) is 22.9 Å². The second-order valence-corrected chi connectivity index (χ2v) is 9.15. The molecule has 28 heavy (non-hydrogen) atoms.